The number of nitrogens with two attached hydrogens (primary N) is 1. The molecule has 1 aliphatic carbocycles. The summed E-state index contributed by atoms with van der Waals surface area (Å²) < 4.78 is 14.1. The van der Waals surface area contributed by atoms with Crippen molar-refractivity contribution in [3.8, 4) is 0 Å². The van der Waals surface area contributed by atoms with Gasteiger partial charge in [0.25, 0.3) is 0 Å². The predicted molar refractivity (Wildman–Crippen MR) is 77.2 cm³/mol. The summed E-state index contributed by atoms with van der Waals surface area (Å²) in [5.41, 5.74) is 6.52. The van der Waals surface area contributed by atoms with E-state index >= 15 is 0 Å². The van der Waals surface area contributed by atoms with Crippen LogP contribution in [0, 0.1) is 11.7 Å². The maximum atomic E-state index is 14.1. The van der Waals surface area contributed by atoms with Crippen LogP contribution >= 0.6 is 0 Å². The van der Waals surface area contributed by atoms with Crippen LogP contribution in [0.4, 0.5) is 4.39 Å². The van der Waals surface area contributed by atoms with Crippen molar-refractivity contribution in [1.29, 1.82) is 0 Å². The van der Waals surface area contributed by atoms with Crippen LogP contribution in [-0.4, -0.2) is 29.0 Å². The monoisotopic (exact) mass is 279 g/mol. The minimum atomic E-state index is -0.300. The number of amidine groups is 1. The predicted octanol–water partition coefficient (Wildman–Crippen LogP) is 2.54. The van der Waals surface area contributed by atoms with Gasteiger partial charge in [0.15, 0.2) is 5.84 Å². The summed E-state index contributed by atoms with van der Waals surface area (Å²) in [7, 11) is 0. The molecule has 4 nitrogen and oxygen atoms in total. The zero-order chi connectivity index (χ0) is 14.5. The minimum absolute atomic E-state index is 0.0705. The van der Waals surface area contributed by atoms with Gasteiger partial charge in [-0.15, -0.1) is 0 Å². The van der Waals surface area contributed by atoms with Crippen LogP contribution < -0.4 is 5.73 Å². The van der Waals surface area contributed by atoms with Crippen LogP contribution in [0.2, 0.25) is 0 Å². The van der Waals surface area contributed by atoms with E-state index in [1.54, 1.807) is 12.1 Å². The van der Waals surface area contributed by atoms with E-state index < -0.39 is 0 Å². The van der Waals surface area contributed by atoms with E-state index in [-0.39, 0.29) is 11.7 Å². The van der Waals surface area contributed by atoms with Crippen LogP contribution in [0.5, 0.6) is 0 Å². The first-order valence-corrected chi connectivity index (χ1v) is 7.12. The van der Waals surface area contributed by atoms with Gasteiger partial charge in [0, 0.05) is 24.2 Å². The number of benzene rings is 1. The lowest BCUT2D eigenvalue weighted by Crippen LogP contribution is -2.27. The second kappa shape index (κ2) is 6.70. The van der Waals surface area contributed by atoms with Crippen molar-refractivity contribution in [2.24, 2.45) is 16.8 Å². The summed E-state index contributed by atoms with van der Waals surface area (Å²) in [6.07, 6.45) is 3.66. The fraction of sp³-hybridized carbons (Fsp3) is 0.533. The van der Waals surface area contributed by atoms with Crippen molar-refractivity contribution in [3.05, 3.63) is 35.1 Å². The molecule has 5 heteroatoms. The van der Waals surface area contributed by atoms with Gasteiger partial charge in [-0.3, -0.25) is 4.90 Å². The van der Waals surface area contributed by atoms with Crippen LogP contribution in [0.3, 0.4) is 0 Å². The number of nitrogens with zero attached hydrogens (tertiary/aromatic N) is 2. The molecule has 0 bridgehead atoms. The second-order valence-electron chi connectivity index (χ2n) is 5.47. The van der Waals surface area contributed by atoms with Crippen LogP contribution in [0.25, 0.3) is 0 Å². The van der Waals surface area contributed by atoms with E-state index in [1.807, 2.05) is 0 Å². The summed E-state index contributed by atoms with van der Waals surface area (Å²) in [5.74, 6) is 0.422. The highest BCUT2D eigenvalue weighted by Gasteiger charge is 2.24. The molecule has 20 heavy (non-hydrogen) atoms. The maximum Gasteiger partial charge on any atom is 0.170 e. The summed E-state index contributed by atoms with van der Waals surface area (Å²) in [6, 6.07) is 4.73. The summed E-state index contributed by atoms with van der Waals surface area (Å²) in [4.78, 5) is 2.30. The third-order valence-electron chi connectivity index (χ3n) is 3.60. The Morgan fingerprint density at radius 3 is 2.80 bits per heavy atom. The van der Waals surface area contributed by atoms with Gasteiger partial charge in [-0.25, -0.2) is 4.39 Å². The fourth-order valence-electron chi connectivity index (χ4n) is 2.35. The van der Waals surface area contributed by atoms with E-state index in [0.717, 1.165) is 25.4 Å². The number of hydrogen-bond acceptors (Lipinski definition) is 3. The first-order valence-electron chi connectivity index (χ1n) is 7.12. The summed E-state index contributed by atoms with van der Waals surface area (Å²) in [6.45, 7) is 4.79. The first-order chi connectivity index (χ1) is 9.63. The molecule has 0 radical (unpaired) electrons. The molecule has 1 fully saturated rings. The largest absolute Gasteiger partial charge is 0.409 e. The molecule has 1 saturated carbocycles. The Kier molecular flexibility index (Phi) is 4.95. The van der Waals surface area contributed by atoms with Crippen molar-refractivity contribution in [1.82, 2.24) is 4.90 Å². The molecule has 1 aromatic carbocycles. The van der Waals surface area contributed by atoms with Gasteiger partial charge < -0.3 is 10.9 Å². The number of oxime groups is 1. The molecule has 0 amide bonds. The molecule has 1 aromatic rings. The Hall–Kier alpha value is -1.62. The molecular weight excluding hydrogens is 257 g/mol. The Bertz CT molecular complexity index is 486. The lowest BCUT2D eigenvalue weighted by Gasteiger charge is -2.22. The van der Waals surface area contributed by atoms with Crippen LogP contribution in [-0.2, 0) is 6.54 Å². The van der Waals surface area contributed by atoms with Crippen LogP contribution in [0.15, 0.2) is 23.4 Å². The Morgan fingerprint density at radius 2 is 2.25 bits per heavy atom. The zero-order valence-corrected chi connectivity index (χ0v) is 11.8. The van der Waals surface area contributed by atoms with Gasteiger partial charge in [0.1, 0.15) is 5.82 Å². The van der Waals surface area contributed by atoms with Crippen molar-refractivity contribution < 1.29 is 9.60 Å². The second-order valence-corrected chi connectivity index (χ2v) is 5.47. The SMILES string of the molecule is CCCN(Cc1ccc(C(N)=NO)cc1F)CC1CC1. The fourth-order valence-corrected chi connectivity index (χ4v) is 2.35. The summed E-state index contributed by atoms with van der Waals surface area (Å²) >= 11 is 0. The van der Waals surface area contributed by atoms with Gasteiger partial charge in [0.05, 0.1) is 0 Å². The average molecular weight is 279 g/mol. The number of halogens is 1. The molecule has 0 saturated heterocycles. The maximum absolute atomic E-state index is 14.1. The van der Waals surface area contributed by atoms with E-state index in [2.05, 4.69) is 17.0 Å². The molecule has 0 heterocycles. The standard InChI is InChI=1S/C15H22FN3O/c1-2-7-19(9-11-3-4-11)10-13-6-5-12(8-14(13)16)15(17)18-20/h5-6,8,11,20H,2-4,7,9-10H2,1H3,(H2,17,18). The van der Waals surface area contributed by atoms with Crippen LogP contribution in [0.1, 0.15) is 37.3 Å². The van der Waals surface area contributed by atoms with Crippen molar-refractivity contribution >= 4 is 5.84 Å². The highest BCUT2D eigenvalue weighted by atomic mass is 19.1. The molecule has 3 N–H and O–H groups in total. The molecule has 0 aliphatic heterocycles. The number of rotatable bonds is 7. The molecule has 2 rings (SSSR count). The van der Waals surface area contributed by atoms with E-state index in [9.17, 15) is 4.39 Å². The third-order valence-corrected chi connectivity index (χ3v) is 3.60. The summed E-state index contributed by atoms with van der Waals surface area (Å²) in [5, 5.41) is 11.5. The Balaban J connectivity index is 2.06. The molecule has 0 aromatic heterocycles. The highest BCUT2D eigenvalue weighted by molar-refractivity contribution is 5.97. The van der Waals surface area contributed by atoms with Gasteiger partial charge in [-0.2, -0.15) is 0 Å². The smallest absolute Gasteiger partial charge is 0.170 e. The van der Waals surface area contributed by atoms with Crippen molar-refractivity contribution in [2.75, 3.05) is 13.1 Å². The molecule has 0 spiro atoms. The average Bonchev–Trinajstić information content (AvgIpc) is 3.24. The molecule has 110 valence electrons. The van der Waals surface area contributed by atoms with Gasteiger partial charge >= 0.3 is 0 Å². The lowest BCUT2D eigenvalue weighted by atomic mass is 10.1. The van der Waals surface area contributed by atoms with E-state index in [1.165, 1.54) is 18.9 Å². The molecule has 0 atom stereocenters. The Labute approximate surface area is 119 Å². The number of hydrogen-bond donors (Lipinski definition) is 2. The Morgan fingerprint density at radius 1 is 1.50 bits per heavy atom. The molecule has 0 unspecified atom stereocenters. The van der Waals surface area contributed by atoms with E-state index in [4.69, 9.17) is 10.9 Å². The topological polar surface area (TPSA) is 61.8 Å². The third kappa shape index (κ3) is 3.93. The normalized spacial score (nSPS) is 15.8. The highest BCUT2D eigenvalue weighted by Crippen LogP contribution is 2.30. The van der Waals surface area contributed by atoms with E-state index in [0.29, 0.717) is 17.7 Å². The lowest BCUT2D eigenvalue weighted by molar-refractivity contribution is 0.251. The minimum Gasteiger partial charge on any atom is -0.409 e. The van der Waals surface area contributed by atoms with Crippen molar-refractivity contribution in [2.45, 2.75) is 32.7 Å². The van der Waals surface area contributed by atoms with Gasteiger partial charge in [-0.05, 0) is 37.8 Å². The quantitative estimate of drug-likeness (QED) is 0.349. The van der Waals surface area contributed by atoms with Gasteiger partial charge in [0.2, 0.25) is 0 Å². The molecular formula is C15H22FN3O. The van der Waals surface area contributed by atoms with Crippen molar-refractivity contribution in [3.63, 3.8) is 0 Å². The molecule has 1 aliphatic rings. The van der Waals surface area contributed by atoms with Gasteiger partial charge in [-0.1, -0.05) is 24.2 Å². The zero-order valence-electron chi connectivity index (χ0n) is 11.8. The first kappa shape index (κ1) is 14.8.